The van der Waals surface area contributed by atoms with Gasteiger partial charge in [0.05, 0.1) is 4.90 Å². The van der Waals surface area contributed by atoms with Gasteiger partial charge in [-0.3, -0.25) is 0 Å². The average molecular weight is 300 g/mol. The Morgan fingerprint density at radius 1 is 1.26 bits per heavy atom. The third-order valence-corrected chi connectivity index (χ3v) is 6.32. The Morgan fingerprint density at radius 3 is 2.37 bits per heavy atom. The van der Waals surface area contributed by atoms with Gasteiger partial charge in [-0.1, -0.05) is 13.8 Å². The molecule has 0 aromatic heterocycles. The van der Waals surface area contributed by atoms with Crippen molar-refractivity contribution in [3.05, 3.63) is 23.8 Å². The molecule has 19 heavy (non-hydrogen) atoms. The van der Waals surface area contributed by atoms with Crippen LogP contribution in [0.25, 0.3) is 0 Å². The first kappa shape index (κ1) is 14.7. The molecule has 0 saturated carbocycles. The first-order valence-corrected chi connectivity index (χ1v) is 8.70. The number of rotatable bonds is 2. The molecule has 4 nitrogen and oxygen atoms in total. The fourth-order valence-electron chi connectivity index (χ4n) is 2.28. The van der Waals surface area contributed by atoms with Gasteiger partial charge in [-0.2, -0.15) is 16.1 Å². The first-order chi connectivity index (χ1) is 8.80. The quantitative estimate of drug-likeness (QED) is 0.850. The molecule has 1 saturated heterocycles. The van der Waals surface area contributed by atoms with E-state index in [1.165, 1.54) is 0 Å². The summed E-state index contributed by atoms with van der Waals surface area (Å²) in [6, 6.07) is 4.91. The second kappa shape index (κ2) is 5.34. The maximum absolute atomic E-state index is 12.6. The van der Waals surface area contributed by atoms with Crippen LogP contribution in [0.4, 0.5) is 5.69 Å². The summed E-state index contributed by atoms with van der Waals surface area (Å²) in [6.45, 7) is 7.10. The zero-order chi connectivity index (χ0) is 14.2. The molecule has 2 rings (SSSR count). The summed E-state index contributed by atoms with van der Waals surface area (Å²) >= 11 is 1.84. The zero-order valence-corrected chi connectivity index (χ0v) is 13.1. The summed E-state index contributed by atoms with van der Waals surface area (Å²) in [6.07, 6.45) is 0. The van der Waals surface area contributed by atoms with Crippen molar-refractivity contribution in [1.82, 2.24) is 4.31 Å². The fourth-order valence-corrected chi connectivity index (χ4v) is 5.50. The van der Waals surface area contributed by atoms with Crippen LogP contribution in [0, 0.1) is 6.92 Å². The van der Waals surface area contributed by atoms with Crippen molar-refractivity contribution in [3.8, 4) is 0 Å². The molecule has 0 spiro atoms. The molecule has 2 N–H and O–H groups in total. The van der Waals surface area contributed by atoms with Crippen LogP contribution in [0.5, 0.6) is 0 Å². The van der Waals surface area contributed by atoms with Crippen molar-refractivity contribution >= 4 is 27.5 Å². The molecule has 1 aliphatic rings. The highest BCUT2D eigenvalue weighted by atomic mass is 32.2. The van der Waals surface area contributed by atoms with Crippen LogP contribution in [0.1, 0.15) is 19.4 Å². The van der Waals surface area contributed by atoms with Crippen molar-refractivity contribution in [2.75, 3.05) is 18.8 Å². The smallest absolute Gasteiger partial charge is 0.243 e. The second-order valence-corrected chi connectivity index (χ2v) is 8.92. The molecule has 1 aromatic rings. The average Bonchev–Trinajstić information content (AvgIpc) is 2.31. The van der Waals surface area contributed by atoms with E-state index in [9.17, 15) is 8.42 Å². The number of hydrogen-bond acceptors (Lipinski definition) is 4. The Hall–Kier alpha value is -0.720. The van der Waals surface area contributed by atoms with Crippen molar-refractivity contribution < 1.29 is 8.42 Å². The van der Waals surface area contributed by atoms with E-state index in [2.05, 4.69) is 13.8 Å². The maximum Gasteiger partial charge on any atom is 0.243 e. The number of aryl methyl sites for hydroxylation is 1. The molecule has 1 aliphatic heterocycles. The fraction of sp³-hybridized carbons (Fsp3) is 0.538. The molecular formula is C13H20N2O2S2. The highest BCUT2D eigenvalue weighted by molar-refractivity contribution is 8.00. The van der Waals surface area contributed by atoms with Gasteiger partial charge in [0, 0.05) is 29.3 Å². The van der Waals surface area contributed by atoms with Gasteiger partial charge in [-0.15, -0.1) is 0 Å². The summed E-state index contributed by atoms with van der Waals surface area (Å²) in [4.78, 5) is 0.338. The minimum absolute atomic E-state index is 0.327. The summed E-state index contributed by atoms with van der Waals surface area (Å²) in [5.41, 5.74) is 7.16. The Balaban J connectivity index is 2.33. The lowest BCUT2D eigenvalue weighted by atomic mass is 10.2. The van der Waals surface area contributed by atoms with E-state index in [1.54, 1.807) is 22.5 Å². The molecular weight excluding hydrogens is 280 g/mol. The van der Waals surface area contributed by atoms with Crippen molar-refractivity contribution in [2.24, 2.45) is 0 Å². The van der Waals surface area contributed by atoms with Crippen LogP contribution < -0.4 is 5.73 Å². The molecule has 6 heteroatoms. The summed E-state index contributed by atoms with van der Waals surface area (Å²) in [7, 11) is -3.40. The molecule has 2 unspecified atom stereocenters. The molecule has 2 atom stereocenters. The van der Waals surface area contributed by atoms with Crippen LogP contribution in [-0.4, -0.2) is 36.3 Å². The van der Waals surface area contributed by atoms with Crippen molar-refractivity contribution in [2.45, 2.75) is 36.2 Å². The topological polar surface area (TPSA) is 63.4 Å². The number of nitrogens with zero attached hydrogens (tertiary/aromatic N) is 1. The molecule has 0 aliphatic carbocycles. The van der Waals surface area contributed by atoms with Gasteiger partial charge in [0.15, 0.2) is 0 Å². The van der Waals surface area contributed by atoms with Gasteiger partial charge in [0.25, 0.3) is 0 Å². The minimum atomic E-state index is -3.40. The van der Waals surface area contributed by atoms with E-state index in [4.69, 9.17) is 5.73 Å². The van der Waals surface area contributed by atoms with E-state index in [1.807, 2.05) is 18.7 Å². The summed E-state index contributed by atoms with van der Waals surface area (Å²) in [5.74, 6) is 0. The lowest BCUT2D eigenvalue weighted by molar-refractivity contribution is 0.405. The summed E-state index contributed by atoms with van der Waals surface area (Å²) in [5, 5.41) is 0.654. The highest BCUT2D eigenvalue weighted by Gasteiger charge is 2.32. The monoisotopic (exact) mass is 300 g/mol. The van der Waals surface area contributed by atoms with Gasteiger partial charge in [-0.05, 0) is 30.7 Å². The van der Waals surface area contributed by atoms with Crippen molar-refractivity contribution in [3.63, 3.8) is 0 Å². The lowest BCUT2D eigenvalue weighted by Crippen LogP contribution is -2.43. The Labute approximate surface area is 119 Å². The number of benzene rings is 1. The standard InChI is InChI=1S/C13H20N2O2S2/c1-9-6-12(4-5-13(9)14)19(16,17)15-7-10(2)18-11(3)8-15/h4-6,10-11H,7-8,14H2,1-3H3. The maximum atomic E-state index is 12.6. The summed E-state index contributed by atoms with van der Waals surface area (Å²) < 4.78 is 26.8. The molecule has 0 radical (unpaired) electrons. The number of sulfonamides is 1. The van der Waals surface area contributed by atoms with E-state index >= 15 is 0 Å². The third kappa shape index (κ3) is 3.07. The molecule has 106 valence electrons. The predicted molar refractivity (Wildman–Crippen MR) is 80.9 cm³/mol. The molecule has 1 fully saturated rings. The second-order valence-electron chi connectivity index (χ2n) is 5.10. The third-order valence-electron chi connectivity index (χ3n) is 3.27. The minimum Gasteiger partial charge on any atom is -0.399 e. The van der Waals surface area contributed by atoms with Crippen LogP contribution in [0.3, 0.4) is 0 Å². The molecule has 1 heterocycles. The van der Waals surface area contributed by atoms with E-state index < -0.39 is 10.0 Å². The van der Waals surface area contributed by atoms with Crippen molar-refractivity contribution in [1.29, 1.82) is 0 Å². The lowest BCUT2D eigenvalue weighted by Gasteiger charge is -2.33. The van der Waals surface area contributed by atoms with Crippen LogP contribution in [0.2, 0.25) is 0 Å². The van der Waals surface area contributed by atoms with E-state index in [0.717, 1.165) is 5.56 Å². The van der Waals surface area contributed by atoms with E-state index in [0.29, 0.717) is 34.2 Å². The Morgan fingerprint density at radius 2 is 1.84 bits per heavy atom. The van der Waals surface area contributed by atoms with Gasteiger partial charge < -0.3 is 5.73 Å². The molecule has 0 amide bonds. The molecule has 0 bridgehead atoms. The van der Waals surface area contributed by atoms with Crippen LogP contribution >= 0.6 is 11.8 Å². The zero-order valence-electron chi connectivity index (χ0n) is 11.5. The number of anilines is 1. The SMILES string of the molecule is Cc1cc(S(=O)(=O)N2CC(C)SC(C)C2)ccc1N. The van der Waals surface area contributed by atoms with Gasteiger partial charge in [-0.25, -0.2) is 8.42 Å². The van der Waals surface area contributed by atoms with Gasteiger partial charge in [0.2, 0.25) is 10.0 Å². The normalized spacial score (nSPS) is 25.4. The van der Waals surface area contributed by atoms with Crippen LogP contribution in [0.15, 0.2) is 23.1 Å². The van der Waals surface area contributed by atoms with Crippen LogP contribution in [-0.2, 0) is 10.0 Å². The van der Waals surface area contributed by atoms with Gasteiger partial charge in [0.1, 0.15) is 0 Å². The predicted octanol–water partition coefficient (Wildman–Crippen LogP) is 2.09. The first-order valence-electron chi connectivity index (χ1n) is 6.32. The largest absolute Gasteiger partial charge is 0.399 e. The number of nitrogens with two attached hydrogens (primary N) is 1. The Bertz CT molecular complexity index is 562. The van der Waals surface area contributed by atoms with E-state index in [-0.39, 0.29) is 0 Å². The van der Waals surface area contributed by atoms with Gasteiger partial charge >= 0.3 is 0 Å². The number of hydrogen-bond donors (Lipinski definition) is 1. The Kier molecular flexibility index (Phi) is 4.13. The highest BCUT2D eigenvalue weighted by Crippen LogP contribution is 2.29. The molecule has 1 aromatic carbocycles. The number of nitrogen functional groups attached to an aromatic ring is 1. The number of thioether (sulfide) groups is 1.